The normalized spacial score (nSPS) is 12.5. The van der Waals surface area contributed by atoms with Crippen LogP contribution >= 0.6 is 0 Å². The topological polar surface area (TPSA) is 35.5 Å². The van der Waals surface area contributed by atoms with E-state index >= 15 is 0 Å². The third kappa shape index (κ3) is 5.88. The lowest BCUT2D eigenvalue weighted by molar-refractivity contribution is 0.0329. The van der Waals surface area contributed by atoms with Crippen LogP contribution in [0.15, 0.2) is 24.3 Å². The van der Waals surface area contributed by atoms with E-state index < -0.39 is 0 Å². The van der Waals surface area contributed by atoms with E-state index in [0.29, 0.717) is 30.4 Å². The van der Waals surface area contributed by atoms with Crippen LogP contribution < -0.4 is 4.74 Å². The first kappa shape index (κ1) is 15.7. The van der Waals surface area contributed by atoms with Crippen molar-refractivity contribution in [1.29, 1.82) is 0 Å². The van der Waals surface area contributed by atoms with Gasteiger partial charge in [0.15, 0.2) is 5.78 Å². The Morgan fingerprint density at radius 2 is 1.84 bits per heavy atom. The van der Waals surface area contributed by atoms with Gasteiger partial charge in [0.2, 0.25) is 0 Å². The molecule has 1 aromatic rings. The molecule has 0 heterocycles. The maximum absolute atomic E-state index is 11.4. The number of hydrogen-bond acceptors (Lipinski definition) is 3. The molecule has 0 amide bonds. The number of carbonyl (C=O) groups is 1. The Morgan fingerprint density at radius 1 is 1.16 bits per heavy atom. The molecule has 1 unspecified atom stereocenters. The average Bonchev–Trinajstić information content (AvgIpc) is 2.34. The molecule has 106 valence electrons. The number of benzene rings is 1. The number of para-hydroxylation sites is 1. The Balaban J connectivity index is 2.35. The fourth-order valence-corrected chi connectivity index (χ4v) is 2.02. The van der Waals surface area contributed by atoms with E-state index in [9.17, 15) is 4.79 Å². The van der Waals surface area contributed by atoms with Gasteiger partial charge in [-0.25, -0.2) is 0 Å². The summed E-state index contributed by atoms with van der Waals surface area (Å²) in [6.45, 7) is 8.98. The summed E-state index contributed by atoms with van der Waals surface area (Å²) in [6.07, 6.45) is 1.29. The monoisotopic (exact) mass is 264 g/mol. The number of rotatable bonds is 8. The largest absolute Gasteiger partial charge is 0.490 e. The zero-order valence-electron chi connectivity index (χ0n) is 12.3. The van der Waals surface area contributed by atoms with Gasteiger partial charge in [-0.2, -0.15) is 0 Å². The maximum atomic E-state index is 11.4. The summed E-state index contributed by atoms with van der Waals surface area (Å²) in [7, 11) is 0. The van der Waals surface area contributed by atoms with Crippen LogP contribution in [-0.4, -0.2) is 25.1 Å². The molecule has 0 aliphatic carbocycles. The van der Waals surface area contributed by atoms with E-state index in [4.69, 9.17) is 9.47 Å². The minimum absolute atomic E-state index is 0.0182. The first-order chi connectivity index (χ1) is 9.00. The molecular weight excluding hydrogens is 240 g/mol. The Bertz CT molecular complexity index is 399. The van der Waals surface area contributed by atoms with Gasteiger partial charge in [-0.05, 0) is 38.3 Å². The highest BCUT2D eigenvalue weighted by Crippen LogP contribution is 2.18. The lowest BCUT2D eigenvalue weighted by Gasteiger charge is -2.16. The van der Waals surface area contributed by atoms with Crippen LogP contribution in [0.5, 0.6) is 5.75 Å². The molecule has 0 aliphatic heterocycles. The molecular formula is C16H24O3. The predicted molar refractivity (Wildman–Crippen MR) is 76.8 cm³/mol. The first-order valence-electron chi connectivity index (χ1n) is 6.85. The molecule has 1 aromatic carbocycles. The first-order valence-corrected chi connectivity index (χ1v) is 6.85. The number of carbonyl (C=O) groups excluding carboxylic acids is 1. The van der Waals surface area contributed by atoms with Crippen LogP contribution in [0.2, 0.25) is 0 Å². The van der Waals surface area contributed by atoms with Crippen molar-refractivity contribution >= 4 is 5.78 Å². The SMILES string of the molecule is CC(=O)c1ccccc1OCCOC(C)CC(C)C. The van der Waals surface area contributed by atoms with Gasteiger partial charge < -0.3 is 9.47 Å². The lowest BCUT2D eigenvalue weighted by Crippen LogP contribution is -2.16. The lowest BCUT2D eigenvalue weighted by atomic mass is 10.1. The summed E-state index contributed by atoms with van der Waals surface area (Å²) < 4.78 is 11.3. The fraction of sp³-hybridized carbons (Fsp3) is 0.562. The summed E-state index contributed by atoms with van der Waals surface area (Å²) in [5.74, 6) is 1.29. The van der Waals surface area contributed by atoms with Gasteiger partial charge in [-0.3, -0.25) is 4.79 Å². The van der Waals surface area contributed by atoms with E-state index in [-0.39, 0.29) is 11.9 Å². The summed E-state index contributed by atoms with van der Waals surface area (Å²) in [5.41, 5.74) is 0.623. The fourth-order valence-electron chi connectivity index (χ4n) is 2.02. The van der Waals surface area contributed by atoms with Crippen molar-refractivity contribution in [3.05, 3.63) is 29.8 Å². The number of hydrogen-bond donors (Lipinski definition) is 0. The molecule has 1 rings (SSSR count). The Kier molecular flexibility index (Phi) is 6.57. The number of ether oxygens (including phenoxy) is 2. The molecule has 0 saturated carbocycles. The van der Waals surface area contributed by atoms with Crippen molar-refractivity contribution in [3.8, 4) is 5.75 Å². The molecule has 0 spiro atoms. The molecule has 0 saturated heterocycles. The Hall–Kier alpha value is -1.35. The third-order valence-electron chi connectivity index (χ3n) is 2.81. The van der Waals surface area contributed by atoms with E-state index in [1.807, 2.05) is 18.2 Å². The highest BCUT2D eigenvalue weighted by atomic mass is 16.5. The van der Waals surface area contributed by atoms with E-state index in [1.165, 1.54) is 0 Å². The molecule has 0 aliphatic rings. The van der Waals surface area contributed by atoms with Crippen molar-refractivity contribution in [3.63, 3.8) is 0 Å². The molecule has 0 bridgehead atoms. The van der Waals surface area contributed by atoms with Crippen molar-refractivity contribution in [2.75, 3.05) is 13.2 Å². The Labute approximate surface area is 115 Å². The molecule has 0 fully saturated rings. The molecule has 0 N–H and O–H groups in total. The van der Waals surface area contributed by atoms with Gasteiger partial charge in [0.1, 0.15) is 12.4 Å². The highest BCUT2D eigenvalue weighted by Gasteiger charge is 2.08. The van der Waals surface area contributed by atoms with E-state index in [2.05, 4.69) is 20.8 Å². The second-order valence-electron chi connectivity index (χ2n) is 5.21. The van der Waals surface area contributed by atoms with Crippen LogP contribution in [0, 0.1) is 5.92 Å². The van der Waals surface area contributed by atoms with Gasteiger partial charge in [-0.15, -0.1) is 0 Å². The van der Waals surface area contributed by atoms with Crippen LogP contribution in [0.1, 0.15) is 44.5 Å². The second-order valence-corrected chi connectivity index (χ2v) is 5.21. The Morgan fingerprint density at radius 3 is 2.47 bits per heavy atom. The molecule has 3 nitrogen and oxygen atoms in total. The summed E-state index contributed by atoms with van der Waals surface area (Å²) in [5, 5.41) is 0. The molecule has 19 heavy (non-hydrogen) atoms. The summed E-state index contributed by atoms with van der Waals surface area (Å²) in [4.78, 5) is 11.4. The molecule has 3 heteroatoms. The highest BCUT2D eigenvalue weighted by molar-refractivity contribution is 5.96. The minimum Gasteiger partial charge on any atom is -0.490 e. The quantitative estimate of drug-likeness (QED) is 0.530. The van der Waals surface area contributed by atoms with Gasteiger partial charge >= 0.3 is 0 Å². The average molecular weight is 264 g/mol. The smallest absolute Gasteiger partial charge is 0.163 e. The van der Waals surface area contributed by atoms with Crippen molar-refractivity contribution in [2.24, 2.45) is 5.92 Å². The van der Waals surface area contributed by atoms with Gasteiger partial charge in [0.05, 0.1) is 18.3 Å². The zero-order chi connectivity index (χ0) is 14.3. The predicted octanol–water partition coefficient (Wildman–Crippen LogP) is 3.72. The standard InChI is InChI=1S/C16H24O3/c1-12(2)11-13(3)18-9-10-19-16-8-6-5-7-15(16)14(4)17/h5-8,12-13H,9-11H2,1-4H3. The van der Waals surface area contributed by atoms with Crippen LogP contribution in [0.3, 0.4) is 0 Å². The van der Waals surface area contributed by atoms with E-state index in [0.717, 1.165) is 6.42 Å². The number of ketones is 1. The van der Waals surface area contributed by atoms with Gasteiger partial charge in [-0.1, -0.05) is 26.0 Å². The zero-order valence-corrected chi connectivity index (χ0v) is 12.3. The summed E-state index contributed by atoms with van der Waals surface area (Å²) in [6, 6.07) is 7.29. The molecule has 1 atom stereocenters. The second kappa shape index (κ2) is 7.95. The van der Waals surface area contributed by atoms with Crippen LogP contribution in [0.25, 0.3) is 0 Å². The maximum Gasteiger partial charge on any atom is 0.163 e. The number of Topliss-reactive ketones (excluding diaryl/α,β-unsaturated/α-hetero) is 1. The van der Waals surface area contributed by atoms with Crippen LogP contribution in [-0.2, 0) is 4.74 Å². The van der Waals surface area contributed by atoms with Gasteiger partial charge in [0.25, 0.3) is 0 Å². The molecule has 0 radical (unpaired) electrons. The van der Waals surface area contributed by atoms with Crippen molar-refractivity contribution < 1.29 is 14.3 Å². The van der Waals surface area contributed by atoms with E-state index in [1.54, 1.807) is 13.0 Å². The third-order valence-corrected chi connectivity index (χ3v) is 2.81. The van der Waals surface area contributed by atoms with Crippen molar-refractivity contribution in [2.45, 2.75) is 40.2 Å². The molecule has 0 aromatic heterocycles. The minimum atomic E-state index is 0.0182. The summed E-state index contributed by atoms with van der Waals surface area (Å²) >= 11 is 0. The van der Waals surface area contributed by atoms with Crippen LogP contribution in [0.4, 0.5) is 0 Å². The van der Waals surface area contributed by atoms with Gasteiger partial charge in [0, 0.05) is 0 Å². The van der Waals surface area contributed by atoms with Crippen molar-refractivity contribution in [1.82, 2.24) is 0 Å².